The molecule has 0 saturated carbocycles. The maximum atomic E-state index is 5.64. The number of hydrogen-bond acceptors (Lipinski definition) is 5. The van der Waals surface area contributed by atoms with Crippen molar-refractivity contribution >= 4 is 34.6 Å². The van der Waals surface area contributed by atoms with Crippen LogP contribution in [0.1, 0.15) is 19.3 Å². The monoisotopic (exact) mass is 349 g/mol. The molecule has 23 heavy (non-hydrogen) atoms. The minimum absolute atomic E-state index is 0.626. The molecule has 2 unspecified atom stereocenters. The Hall–Kier alpha value is -1.01. The van der Waals surface area contributed by atoms with Crippen molar-refractivity contribution in [2.75, 3.05) is 19.6 Å². The molecule has 0 aliphatic carbocycles. The summed E-state index contributed by atoms with van der Waals surface area (Å²) in [6, 6.07) is 6.96. The lowest BCUT2D eigenvalue weighted by atomic mass is 9.86. The Morgan fingerprint density at radius 3 is 3.17 bits per heavy atom. The van der Waals surface area contributed by atoms with E-state index in [9.17, 15) is 0 Å². The second-order valence-electron chi connectivity index (χ2n) is 6.30. The third-order valence-corrected chi connectivity index (χ3v) is 6.17. The molecule has 2 aliphatic rings. The summed E-state index contributed by atoms with van der Waals surface area (Å²) in [5, 5.41) is 5.78. The van der Waals surface area contributed by atoms with Gasteiger partial charge in [-0.1, -0.05) is 12.1 Å². The van der Waals surface area contributed by atoms with Gasteiger partial charge in [0.05, 0.1) is 6.20 Å². The lowest BCUT2D eigenvalue weighted by Gasteiger charge is -2.41. The highest BCUT2D eigenvalue weighted by atomic mass is 35.5. The first kappa shape index (κ1) is 15.5. The normalized spacial score (nSPS) is 25.3. The van der Waals surface area contributed by atoms with Crippen LogP contribution in [-0.4, -0.2) is 35.0 Å². The van der Waals surface area contributed by atoms with Gasteiger partial charge in [0.1, 0.15) is 11.9 Å². The van der Waals surface area contributed by atoms with Crippen LogP contribution in [0.3, 0.4) is 0 Å². The molecule has 2 fully saturated rings. The molecule has 2 aliphatic heterocycles. The second-order valence-corrected chi connectivity index (χ2v) is 7.59. The minimum Gasteiger partial charge on any atom is -0.383 e. The third-order valence-electron chi connectivity index (χ3n) is 4.88. The maximum Gasteiger partial charge on any atom is 0.173 e. The molecule has 0 bridgehead atoms. The Bertz CT molecular complexity index is 693. The Kier molecular flexibility index (Phi) is 4.62. The van der Waals surface area contributed by atoms with E-state index in [2.05, 4.69) is 26.7 Å². The van der Waals surface area contributed by atoms with Gasteiger partial charge in [0.25, 0.3) is 0 Å². The number of hydrogen-bond donors (Lipinski definition) is 1. The van der Waals surface area contributed by atoms with E-state index in [4.69, 9.17) is 16.2 Å². The van der Waals surface area contributed by atoms with Gasteiger partial charge in [-0.25, -0.2) is 4.31 Å². The zero-order valence-electron chi connectivity index (χ0n) is 12.9. The predicted octanol–water partition coefficient (Wildman–Crippen LogP) is 3.85. The first-order chi connectivity index (χ1) is 11.3. The largest absolute Gasteiger partial charge is 0.383 e. The van der Waals surface area contributed by atoms with Gasteiger partial charge in [-0.15, -0.1) is 0 Å². The highest BCUT2D eigenvalue weighted by Gasteiger charge is 2.31. The van der Waals surface area contributed by atoms with Crippen LogP contribution in [-0.2, 0) is 0 Å². The molecule has 0 radical (unpaired) electrons. The number of nitrogens with one attached hydrogen (secondary N) is 1. The van der Waals surface area contributed by atoms with Crippen LogP contribution in [0.25, 0.3) is 10.8 Å². The maximum absolute atomic E-state index is 5.64. The Labute approximate surface area is 145 Å². The molecule has 122 valence electrons. The Balaban J connectivity index is 1.58. The quantitative estimate of drug-likeness (QED) is 0.852. The van der Waals surface area contributed by atoms with Gasteiger partial charge in [-0.3, -0.25) is 4.98 Å². The minimum atomic E-state index is 0.626. The number of aromatic nitrogens is 1. The SMILES string of the molecule is ClOc1cncc2cccc(SN3CCC4NCCCC4C3)c12. The summed E-state index contributed by atoms with van der Waals surface area (Å²) in [7, 11) is 0. The van der Waals surface area contributed by atoms with Crippen molar-refractivity contribution in [3.63, 3.8) is 0 Å². The molecule has 6 heteroatoms. The van der Waals surface area contributed by atoms with Gasteiger partial charge in [-0.2, -0.15) is 0 Å². The fraction of sp³-hybridized carbons (Fsp3) is 0.471. The topological polar surface area (TPSA) is 37.4 Å². The third kappa shape index (κ3) is 3.15. The first-order valence-electron chi connectivity index (χ1n) is 8.17. The van der Waals surface area contributed by atoms with Gasteiger partial charge in [0.15, 0.2) is 5.75 Å². The predicted molar refractivity (Wildman–Crippen MR) is 94.8 cm³/mol. The van der Waals surface area contributed by atoms with Gasteiger partial charge in [-0.05, 0) is 49.7 Å². The van der Waals surface area contributed by atoms with Crippen molar-refractivity contribution in [2.45, 2.75) is 30.2 Å². The van der Waals surface area contributed by atoms with E-state index in [-0.39, 0.29) is 0 Å². The summed E-state index contributed by atoms with van der Waals surface area (Å²) < 4.78 is 7.50. The first-order valence-corrected chi connectivity index (χ1v) is 9.25. The fourth-order valence-electron chi connectivity index (χ4n) is 3.74. The molecule has 2 aromatic rings. The summed E-state index contributed by atoms with van der Waals surface area (Å²) >= 11 is 7.46. The van der Waals surface area contributed by atoms with E-state index in [1.807, 2.05) is 24.2 Å². The summed E-state index contributed by atoms with van der Waals surface area (Å²) in [4.78, 5) is 5.37. The van der Waals surface area contributed by atoms with Gasteiger partial charge < -0.3 is 9.61 Å². The molecule has 1 N–H and O–H groups in total. The van der Waals surface area contributed by atoms with Crippen LogP contribution in [0.5, 0.6) is 5.75 Å². The van der Waals surface area contributed by atoms with Crippen molar-refractivity contribution < 1.29 is 4.29 Å². The standard InChI is InChI=1S/C17H20ClN3OS/c18-22-15-10-19-9-12-3-1-5-16(17(12)15)23-21-8-6-14-13(11-21)4-2-7-20-14/h1,3,5,9-10,13-14,20H,2,4,6-8,11H2. The van der Waals surface area contributed by atoms with Crippen molar-refractivity contribution in [2.24, 2.45) is 5.92 Å². The zero-order chi connectivity index (χ0) is 15.6. The molecule has 0 amide bonds. The van der Waals surface area contributed by atoms with Crippen molar-refractivity contribution in [1.29, 1.82) is 0 Å². The molecule has 1 aromatic carbocycles. The molecule has 1 aromatic heterocycles. The number of halogens is 1. The van der Waals surface area contributed by atoms with Crippen LogP contribution in [0.4, 0.5) is 0 Å². The van der Waals surface area contributed by atoms with Crippen LogP contribution in [0.15, 0.2) is 35.5 Å². The number of piperidine rings is 2. The van der Waals surface area contributed by atoms with Crippen molar-refractivity contribution in [3.05, 3.63) is 30.6 Å². The molecule has 4 rings (SSSR count). The van der Waals surface area contributed by atoms with Crippen molar-refractivity contribution in [3.8, 4) is 5.75 Å². The summed E-state index contributed by atoms with van der Waals surface area (Å²) in [5.74, 6) is 1.40. The average molecular weight is 350 g/mol. The molecule has 4 nitrogen and oxygen atoms in total. The summed E-state index contributed by atoms with van der Waals surface area (Å²) in [5.41, 5.74) is 0. The van der Waals surface area contributed by atoms with Gasteiger partial charge in [0, 0.05) is 41.0 Å². The second kappa shape index (κ2) is 6.85. The summed E-state index contributed by atoms with van der Waals surface area (Å²) in [6.45, 7) is 3.43. The number of pyridine rings is 1. The number of fused-ring (bicyclic) bond motifs is 2. The lowest BCUT2D eigenvalue weighted by molar-refractivity contribution is 0.179. The van der Waals surface area contributed by atoms with Crippen LogP contribution in [0.2, 0.25) is 0 Å². The van der Waals surface area contributed by atoms with Gasteiger partial charge in [0.2, 0.25) is 0 Å². The lowest BCUT2D eigenvalue weighted by Crippen LogP contribution is -2.50. The molecular weight excluding hydrogens is 330 g/mol. The van der Waals surface area contributed by atoms with Crippen LogP contribution in [0, 0.1) is 5.92 Å². The van der Waals surface area contributed by atoms with E-state index in [1.165, 1.54) is 30.7 Å². The molecule has 3 heterocycles. The summed E-state index contributed by atoms with van der Waals surface area (Å²) in [6.07, 6.45) is 7.39. The number of benzene rings is 1. The molecule has 2 atom stereocenters. The zero-order valence-corrected chi connectivity index (χ0v) is 14.4. The van der Waals surface area contributed by atoms with Gasteiger partial charge >= 0.3 is 0 Å². The van der Waals surface area contributed by atoms with E-state index in [0.29, 0.717) is 11.8 Å². The van der Waals surface area contributed by atoms with E-state index >= 15 is 0 Å². The fourth-order valence-corrected chi connectivity index (χ4v) is 5.04. The van der Waals surface area contributed by atoms with Crippen molar-refractivity contribution in [1.82, 2.24) is 14.6 Å². The number of nitrogens with zero attached hydrogens (tertiary/aromatic N) is 2. The van der Waals surface area contributed by atoms with Crippen LogP contribution >= 0.6 is 23.8 Å². The molecule has 2 saturated heterocycles. The smallest absolute Gasteiger partial charge is 0.173 e. The van der Waals surface area contributed by atoms with E-state index < -0.39 is 0 Å². The number of rotatable bonds is 3. The Morgan fingerprint density at radius 1 is 1.30 bits per heavy atom. The van der Waals surface area contributed by atoms with E-state index in [0.717, 1.165) is 29.8 Å². The highest BCUT2D eigenvalue weighted by Crippen LogP contribution is 2.38. The van der Waals surface area contributed by atoms with Crippen LogP contribution < -0.4 is 9.61 Å². The Morgan fingerprint density at radius 2 is 2.26 bits per heavy atom. The van der Waals surface area contributed by atoms with E-state index in [1.54, 1.807) is 6.20 Å². The molecular formula is C17H20ClN3OS. The highest BCUT2D eigenvalue weighted by molar-refractivity contribution is 7.97. The molecule has 0 spiro atoms. The average Bonchev–Trinajstić information content (AvgIpc) is 2.61.